The van der Waals surface area contributed by atoms with E-state index >= 15 is 0 Å². The third kappa shape index (κ3) is 2.91. The van der Waals surface area contributed by atoms with E-state index in [1.165, 1.54) is 6.92 Å². The van der Waals surface area contributed by atoms with Gasteiger partial charge in [0.25, 0.3) is 0 Å². The molecular weight excluding hydrogens is 236 g/mol. The average molecular weight is 250 g/mol. The van der Waals surface area contributed by atoms with Crippen LogP contribution in [0.15, 0.2) is 0 Å². The predicted octanol–water partition coefficient (Wildman–Crippen LogP) is -2.17. The lowest BCUT2D eigenvalue weighted by molar-refractivity contribution is -0.286. The summed E-state index contributed by atoms with van der Waals surface area (Å²) in [4.78, 5) is 21.7. The van der Waals surface area contributed by atoms with Crippen LogP contribution in [0.5, 0.6) is 0 Å². The molecule has 4 N–H and O–H groups in total. The lowest BCUT2D eigenvalue weighted by Gasteiger charge is -2.37. The number of aliphatic hydroxyl groups is 3. The van der Waals surface area contributed by atoms with Crippen molar-refractivity contribution in [1.29, 1.82) is 0 Å². The van der Waals surface area contributed by atoms with Crippen molar-refractivity contribution < 1.29 is 39.5 Å². The summed E-state index contributed by atoms with van der Waals surface area (Å²) in [5, 5.41) is 36.9. The molecule has 0 aromatic rings. The van der Waals surface area contributed by atoms with Gasteiger partial charge in [-0.2, -0.15) is 0 Å². The highest BCUT2D eigenvalue weighted by Gasteiger charge is 2.48. The SMILES string of the molecule is CCC(=O)O[C@@H]1O[C@H](C(=O)O)[C@@H](O)[C@H](O)[C@H]1O. The monoisotopic (exact) mass is 250 g/mol. The Morgan fingerprint density at radius 3 is 2.24 bits per heavy atom. The van der Waals surface area contributed by atoms with E-state index < -0.39 is 42.6 Å². The topological polar surface area (TPSA) is 134 Å². The number of carboxylic acid groups (broad SMARTS) is 1. The number of hydrogen-bond acceptors (Lipinski definition) is 7. The predicted molar refractivity (Wildman–Crippen MR) is 50.7 cm³/mol. The summed E-state index contributed by atoms with van der Waals surface area (Å²) in [6.45, 7) is 1.50. The van der Waals surface area contributed by atoms with E-state index in [0.29, 0.717) is 0 Å². The van der Waals surface area contributed by atoms with E-state index in [1.807, 2.05) is 0 Å². The Bertz CT molecular complexity index is 303. The zero-order valence-corrected chi connectivity index (χ0v) is 9.02. The van der Waals surface area contributed by atoms with Gasteiger partial charge in [-0.15, -0.1) is 0 Å². The van der Waals surface area contributed by atoms with Crippen LogP contribution in [0.1, 0.15) is 13.3 Å². The number of ether oxygens (including phenoxy) is 2. The molecule has 1 rings (SSSR count). The molecule has 8 nitrogen and oxygen atoms in total. The van der Waals surface area contributed by atoms with E-state index in [4.69, 9.17) is 9.84 Å². The smallest absolute Gasteiger partial charge is 0.335 e. The van der Waals surface area contributed by atoms with Crippen molar-refractivity contribution in [2.45, 2.75) is 44.1 Å². The summed E-state index contributed by atoms with van der Waals surface area (Å²) < 4.78 is 9.32. The molecule has 0 amide bonds. The van der Waals surface area contributed by atoms with Gasteiger partial charge >= 0.3 is 11.9 Å². The van der Waals surface area contributed by atoms with Crippen LogP contribution in [0, 0.1) is 0 Å². The summed E-state index contributed by atoms with van der Waals surface area (Å²) in [5.74, 6) is -2.25. The van der Waals surface area contributed by atoms with Gasteiger partial charge in [-0.25, -0.2) is 4.79 Å². The lowest BCUT2D eigenvalue weighted by atomic mass is 9.99. The Morgan fingerprint density at radius 1 is 1.18 bits per heavy atom. The zero-order chi connectivity index (χ0) is 13.2. The van der Waals surface area contributed by atoms with E-state index in [1.54, 1.807) is 0 Å². The highest BCUT2D eigenvalue weighted by molar-refractivity contribution is 5.73. The molecule has 0 spiro atoms. The molecule has 1 aliphatic heterocycles. The highest BCUT2D eigenvalue weighted by atomic mass is 16.7. The first kappa shape index (κ1) is 13.8. The standard InChI is InChI=1S/C9H14O8/c1-2-3(10)16-9-6(13)4(11)5(12)7(17-9)8(14)15/h4-7,9,11-13H,2H2,1H3,(H,14,15)/t4-,5-,6+,7-,9+/m0/s1. The molecule has 0 aliphatic carbocycles. The molecule has 1 heterocycles. The number of aliphatic hydroxyl groups excluding tert-OH is 3. The quantitative estimate of drug-likeness (QED) is 0.416. The Hall–Kier alpha value is -1.22. The largest absolute Gasteiger partial charge is 0.479 e. The van der Waals surface area contributed by atoms with Crippen molar-refractivity contribution in [2.75, 3.05) is 0 Å². The first-order chi connectivity index (χ1) is 7.88. The van der Waals surface area contributed by atoms with Gasteiger partial charge < -0.3 is 29.9 Å². The lowest BCUT2D eigenvalue weighted by Crippen LogP contribution is -2.60. The van der Waals surface area contributed by atoms with Crippen molar-refractivity contribution in [3.05, 3.63) is 0 Å². The summed E-state index contributed by atoms with van der Waals surface area (Å²) in [7, 11) is 0. The van der Waals surface area contributed by atoms with Crippen LogP contribution in [-0.2, 0) is 19.1 Å². The summed E-state index contributed by atoms with van der Waals surface area (Å²) >= 11 is 0. The number of hydrogen-bond donors (Lipinski definition) is 4. The van der Waals surface area contributed by atoms with Crippen LogP contribution in [0.3, 0.4) is 0 Å². The second-order valence-corrected chi connectivity index (χ2v) is 3.58. The van der Waals surface area contributed by atoms with E-state index in [2.05, 4.69) is 4.74 Å². The molecule has 0 aromatic carbocycles. The van der Waals surface area contributed by atoms with Crippen LogP contribution in [-0.4, -0.2) is 63.1 Å². The van der Waals surface area contributed by atoms with Crippen molar-refractivity contribution in [3.8, 4) is 0 Å². The molecule has 0 aromatic heterocycles. The molecule has 5 atom stereocenters. The zero-order valence-electron chi connectivity index (χ0n) is 9.02. The molecule has 0 bridgehead atoms. The molecule has 0 radical (unpaired) electrons. The first-order valence-electron chi connectivity index (χ1n) is 5.00. The number of esters is 1. The van der Waals surface area contributed by atoms with Crippen molar-refractivity contribution >= 4 is 11.9 Å². The Labute approximate surface area is 96.4 Å². The van der Waals surface area contributed by atoms with Crippen molar-refractivity contribution in [3.63, 3.8) is 0 Å². The minimum Gasteiger partial charge on any atom is -0.479 e. The number of carboxylic acids is 1. The Balaban J connectivity index is 2.78. The van der Waals surface area contributed by atoms with Gasteiger partial charge in [-0.3, -0.25) is 4.79 Å². The molecule has 1 saturated heterocycles. The van der Waals surface area contributed by atoms with E-state index in [-0.39, 0.29) is 6.42 Å². The summed E-state index contributed by atoms with van der Waals surface area (Å²) in [6.07, 6.45) is -8.62. The van der Waals surface area contributed by atoms with Gasteiger partial charge in [0.1, 0.15) is 18.3 Å². The van der Waals surface area contributed by atoms with E-state index in [0.717, 1.165) is 0 Å². The number of carbonyl (C=O) groups excluding carboxylic acids is 1. The van der Waals surface area contributed by atoms with Gasteiger partial charge in [-0.1, -0.05) is 6.92 Å². The Kier molecular flexibility index (Phi) is 4.40. The number of rotatable bonds is 3. The average Bonchev–Trinajstić information content (AvgIpc) is 2.29. The third-order valence-electron chi connectivity index (χ3n) is 2.35. The molecule has 17 heavy (non-hydrogen) atoms. The van der Waals surface area contributed by atoms with Crippen LogP contribution in [0.25, 0.3) is 0 Å². The first-order valence-corrected chi connectivity index (χ1v) is 5.00. The van der Waals surface area contributed by atoms with Gasteiger partial charge in [0, 0.05) is 6.42 Å². The second-order valence-electron chi connectivity index (χ2n) is 3.58. The third-order valence-corrected chi connectivity index (χ3v) is 2.35. The molecule has 98 valence electrons. The van der Waals surface area contributed by atoms with Gasteiger partial charge in [-0.05, 0) is 0 Å². The normalized spacial score (nSPS) is 37.5. The van der Waals surface area contributed by atoms with Gasteiger partial charge in [0.15, 0.2) is 6.10 Å². The van der Waals surface area contributed by atoms with Crippen LogP contribution in [0.2, 0.25) is 0 Å². The summed E-state index contributed by atoms with van der Waals surface area (Å²) in [6, 6.07) is 0. The molecule has 0 unspecified atom stereocenters. The van der Waals surface area contributed by atoms with Crippen molar-refractivity contribution in [2.24, 2.45) is 0 Å². The summed E-state index contributed by atoms with van der Waals surface area (Å²) in [5.41, 5.74) is 0. The minimum absolute atomic E-state index is 0.00294. The molecule has 8 heteroatoms. The van der Waals surface area contributed by atoms with Crippen molar-refractivity contribution in [1.82, 2.24) is 0 Å². The second kappa shape index (κ2) is 5.41. The maximum atomic E-state index is 11.0. The molecular formula is C9H14O8. The highest BCUT2D eigenvalue weighted by Crippen LogP contribution is 2.22. The maximum absolute atomic E-state index is 11.0. The number of carbonyl (C=O) groups is 2. The Morgan fingerprint density at radius 2 is 1.76 bits per heavy atom. The minimum atomic E-state index is -1.79. The molecule has 1 fully saturated rings. The fourth-order valence-corrected chi connectivity index (χ4v) is 1.36. The van der Waals surface area contributed by atoms with E-state index in [9.17, 15) is 24.9 Å². The maximum Gasteiger partial charge on any atom is 0.335 e. The van der Waals surface area contributed by atoms with Crippen LogP contribution in [0.4, 0.5) is 0 Å². The fraction of sp³-hybridized carbons (Fsp3) is 0.778. The van der Waals surface area contributed by atoms with Gasteiger partial charge in [0.05, 0.1) is 0 Å². The number of aliphatic carboxylic acids is 1. The van der Waals surface area contributed by atoms with Crippen LogP contribution >= 0.6 is 0 Å². The molecule has 1 aliphatic rings. The van der Waals surface area contributed by atoms with Gasteiger partial charge in [0.2, 0.25) is 6.29 Å². The molecule has 0 saturated carbocycles. The fourth-order valence-electron chi connectivity index (χ4n) is 1.36. The van der Waals surface area contributed by atoms with Crippen LogP contribution < -0.4 is 0 Å².